The summed E-state index contributed by atoms with van der Waals surface area (Å²) in [6.07, 6.45) is 0.485. The van der Waals surface area contributed by atoms with Gasteiger partial charge in [-0.25, -0.2) is 0 Å². The van der Waals surface area contributed by atoms with Crippen LogP contribution in [0.3, 0.4) is 0 Å². The van der Waals surface area contributed by atoms with Crippen LogP contribution in [-0.4, -0.2) is 12.5 Å². The standard InChI is InChI=1S/C23H23Cl2NO3/c1-15(2)14-28-21-9-7-19(25)11-17(21)12-20-8-10-22(29-20)23(27)26-13-16-3-5-18(24)6-4-16/h3-11,15H,12-14H2,1-2H3,(H,26,27). The molecule has 0 radical (unpaired) electrons. The number of furan rings is 1. The van der Waals surface area contributed by atoms with Gasteiger partial charge in [-0.3, -0.25) is 4.79 Å². The highest BCUT2D eigenvalue weighted by molar-refractivity contribution is 6.30. The maximum atomic E-state index is 12.4. The van der Waals surface area contributed by atoms with Crippen LogP contribution in [0.5, 0.6) is 5.75 Å². The van der Waals surface area contributed by atoms with E-state index in [1.165, 1.54) is 0 Å². The fourth-order valence-electron chi connectivity index (χ4n) is 2.74. The second-order valence-corrected chi connectivity index (χ2v) is 8.08. The number of nitrogens with one attached hydrogen (secondary N) is 1. The van der Waals surface area contributed by atoms with Crippen molar-refractivity contribution in [1.29, 1.82) is 0 Å². The van der Waals surface area contributed by atoms with E-state index in [9.17, 15) is 4.79 Å². The van der Waals surface area contributed by atoms with Crippen LogP contribution >= 0.6 is 23.2 Å². The van der Waals surface area contributed by atoms with Crippen LogP contribution in [0.15, 0.2) is 59.0 Å². The highest BCUT2D eigenvalue weighted by Gasteiger charge is 2.14. The predicted octanol–water partition coefficient (Wildman–Crippen LogP) is 6.14. The highest BCUT2D eigenvalue weighted by atomic mass is 35.5. The van der Waals surface area contributed by atoms with Gasteiger partial charge in [-0.05, 0) is 53.9 Å². The molecule has 29 heavy (non-hydrogen) atoms. The topological polar surface area (TPSA) is 51.5 Å². The first-order valence-electron chi connectivity index (χ1n) is 9.43. The smallest absolute Gasteiger partial charge is 0.287 e. The van der Waals surface area contributed by atoms with E-state index >= 15 is 0 Å². The molecule has 0 bridgehead atoms. The van der Waals surface area contributed by atoms with Crippen LogP contribution in [0.1, 0.15) is 41.3 Å². The SMILES string of the molecule is CC(C)COc1ccc(Cl)cc1Cc1ccc(C(=O)NCc2ccc(Cl)cc2)o1. The number of carbonyl (C=O) groups excluding carboxylic acids is 1. The Morgan fingerprint density at radius 2 is 1.76 bits per heavy atom. The molecular weight excluding hydrogens is 409 g/mol. The minimum Gasteiger partial charge on any atom is -0.493 e. The molecule has 0 aliphatic rings. The molecule has 3 aromatic rings. The number of halogens is 2. The number of ether oxygens (including phenoxy) is 1. The molecule has 0 spiro atoms. The summed E-state index contributed by atoms with van der Waals surface area (Å²) < 4.78 is 11.6. The molecule has 1 N–H and O–H groups in total. The van der Waals surface area contributed by atoms with Crippen molar-refractivity contribution in [1.82, 2.24) is 5.32 Å². The zero-order chi connectivity index (χ0) is 20.8. The molecule has 4 nitrogen and oxygen atoms in total. The van der Waals surface area contributed by atoms with Gasteiger partial charge in [-0.2, -0.15) is 0 Å². The second kappa shape index (κ2) is 9.86. The summed E-state index contributed by atoms with van der Waals surface area (Å²) in [5.74, 6) is 1.85. The highest BCUT2D eigenvalue weighted by Crippen LogP contribution is 2.26. The lowest BCUT2D eigenvalue weighted by Gasteiger charge is -2.13. The Labute approximate surface area is 180 Å². The van der Waals surface area contributed by atoms with Crippen molar-refractivity contribution in [2.75, 3.05) is 6.61 Å². The molecule has 1 heterocycles. The molecule has 0 saturated heterocycles. The van der Waals surface area contributed by atoms with Crippen molar-refractivity contribution in [2.45, 2.75) is 26.8 Å². The molecule has 6 heteroatoms. The van der Waals surface area contributed by atoms with Gasteiger partial charge in [0.05, 0.1) is 6.61 Å². The molecule has 1 amide bonds. The van der Waals surface area contributed by atoms with E-state index in [1.807, 2.05) is 24.3 Å². The van der Waals surface area contributed by atoms with Gasteiger partial charge in [-0.15, -0.1) is 0 Å². The summed E-state index contributed by atoms with van der Waals surface area (Å²) in [5.41, 5.74) is 1.88. The third-order valence-corrected chi connectivity index (χ3v) is 4.70. The summed E-state index contributed by atoms with van der Waals surface area (Å²) in [4.78, 5) is 12.4. The lowest BCUT2D eigenvalue weighted by molar-refractivity contribution is 0.0921. The van der Waals surface area contributed by atoms with Gasteiger partial charge in [0, 0.05) is 28.6 Å². The minimum atomic E-state index is -0.270. The number of rotatable bonds is 8. The zero-order valence-corrected chi connectivity index (χ0v) is 17.9. The van der Waals surface area contributed by atoms with Crippen LogP contribution in [0.25, 0.3) is 0 Å². The van der Waals surface area contributed by atoms with Crippen LogP contribution in [0, 0.1) is 5.92 Å². The summed E-state index contributed by atoms with van der Waals surface area (Å²) >= 11 is 12.0. The van der Waals surface area contributed by atoms with E-state index in [0.29, 0.717) is 41.3 Å². The Hall–Kier alpha value is -2.43. The van der Waals surface area contributed by atoms with E-state index in [1.54, 1.807) is 30.3 Å². The van der Waals surface area contributed by atoms with Gasteiger partial charge in [0.1, 0.15) is 11.5 Å². The largest absolute Gasteiger partial charge is 0.493 e. The lowest BCUT2D eigenvalue weighted by Crippen LogP contribution is -2.22. The number of benzene rings is 2. The van der Waals surface area contributed by atoms with Gasteiger partial charge in [0.2, 0.25) is 0 Å². The summed E-state index contributed by atoms with van der Waals surface area (Å²) in [6, 6.07) is 16.3. The maximum Gasteiger partial charge on any atom is 0.287 e. The normalized spacial score (nSPS) is 10.9. The van der Waals surface area contributed by atoms with E-state index in [-0.39, 0.29) is 11.7 Å². The number of amides is 1. The van der Waals surface area contributed by atoms with Crippen molar-refractivity contribution < 1.29 is 13.9 Å². The first-order valence-corrected chi connectivity index (χ1v) is 10.2. The molecule has 3 rings (SSSR count). The zero-order valence-electron chi connectivity index (χ0n) is 16.4. The minimum absolute atomic E-state index is 0.264. The van der Waals surface area contributed by atoms with Crippen molar-refractivity contribution in [3.8, 4) is 5.75 Å². The predicted molar refractivity (Wildman–Crippen MR) is 116 cm³/mol. The van der Waals surface area contributed by atoms with Gasteiger partial charge in [-0.1, -0.05) is 49.2 Å². The quantitative estimate of drug-likeness (QED) is 0.465. The number of carbonyl (C=O) groups is 1. The fraction of sp³-hybridized carbons (Fsp3) is 0.261. The monoisotopic (exact) mass is 431 g/mol. The molecule has 1 aromatic heterocycles. The molecule has 152 valence electrons. The molecule has 0 aliphatic heterocycles. The molecule has 0 fully saturated rings. The Balaban J connectivity index is 1.64. The number of hydrogen-bond acceptors (Lipinski definition) is 3. The Morgan fingerprint density at radius 3 is 2.48 bits per heavy atom. The van der Waals surface area contributed by atoms with Crippen molar-refractivity contribution >= 4 is 29.1 Å². The van der Waals surface area contributed by atoms with E-state index in [2.05, 4.69) is 19.2 Å². The molecular formula is C23H23Cl2NO3. The molecule has 0 saturated carbocycles. The van der Waals surface area contributed by atoms with Crippen molar-refractivity contribution in [2.24, 2.45) is 5.92 Å². The van der Waals surface area contributed by atoms with Crippen molar-refractivity contribution in [3.63, 3.8) is 0 Å². The molecule has 0 atom stereocenters. The van der Waals surface area contributed by atoms with Crippen LogP contribution in [0.2, 0.25) is 10.0 Å². The average Bonchev–Trinajstić information content (AvgIpc) is 3.15. The summed E-state index contributed by atoms with van der Waals surface area (Å²) in [7, 11) is 0. The maximum absolute atomic E-state index is 12.4. The van der Waals surface area contributed by atoms with E-state index < -0.39 is 0 Å². The molecule has 0 unspecified atom stereocenters. The van der Waals surface area contributed by atoms with Crippen molar-refractivity contribution in [3.05, 3.63) is 87.3 Å². The summed E-state index contributed by atoms with van der Waals surface area (Å²) in [5, 5.41) is 4.13. The second-order valence-electron chi connectivity index (χ2n) is 7.21. The van der Waals surface area contributed by atoms with Gasteiger partial charge < -0.3 is 14.5 Å². The molecule has 0 aliphatic carbocycles. The Kier molecular flexibility index (Phi) is 7.24. The van der Waals surface area contributed by atoms with Crippen LogP contribution < -0.4 is 10.1 Å². The molecule has 2 aromatic carbocycles. The third-order valence-electron chi connectivity index (χ3n) is 4.21. The first-order chi connectivity index (χ1) is 13.9. The Morgan fingerprint density at radius 1 is 1.03 bits per heavy atom. The fourth-order valence-corrected chi connectivity index (χ4v) is 3.06. The van der Waals surface area contributed by atoms with Gasteiger partial charge >= 0.3 is 0 Å². The first kappa shape index (κ1) is 21.3. The third kappa shape index (κ3) is 6.28. The summed E-state index contributed by atoms with van der Waals surface area (Å²) in [6.45, 7) is 5.20. The lowest BCUT2D eigenvalue weighted by atomic mass is 10.1. The Bertz CT molecular complexity index is 965. The average molecular weight is 432 g/mol. The van der Waals surface area contributed by atoms with Gasteiger partial charge in [0.15, 0.2) is 5.76 Å². The number of hydrogen-bond donors (Lipinski definition) is 1. The van der Waals surface area contributed by atoms with Gasteiger partial charge in [0.25, 0.3) is 5.91 Å². The van der Waals surface area contributed by atoms with Crippen LogP contribution in [0.4, 0.5) is 0 Å². The van der Waals surface area contributed by atoms with E-state index in [4.69, 9.17) is 32.4 Å². The van der Waals surface area contributed by atoms with Crippen LogP contribution in [-0.2, 0) is 13.0 Å². The van der Waals surface area contributed by atoms with E-state index in [0.717, 1.165) is 16.9 Å².